The topological polar surface area (TPSA) is 118 Å². The summed E-state index contributed by atoms with van der Waals surface area (Å²) in [6, 6.07) is 0. The molecule has 2 unspecified atom stereocenters. The van der Waals surface area contributed by atoms with Crippen molar-refractivity contribution in [1.29, 1.82) is 0 Å². The molecule has 6 aliphatic rings. The average Bonchev–Trinajstić information content (AvgIpc) is 3.28. The van der Waals surface area contributed by atoms with E-state index in [1.165, 1.54) is 13.8 Å². The highest BCUT2D eigenvalue weighted by Crippen LogP contribution is 2.68. The van der Waals surface area contributed by atoms with Crippen LogP contribution < -0.4 is 0 Å². The zero-order chi connectivity index (χ0) is 31.5. The van der Waals surface area contributed by atoms with Gasteiger partial charge in [0.25, 0.3) is 5.97 Å². The van der Waals surface area contributed by atoms with Gasteiger partial charge in [0.2, 0.25) is 0 Å². The van der Waals surface area contributed by atoms with E-state index in [-0.39, 0.29) is 41.5 Å². The molecule has 43 heavy (non-hydrogen) atoms. The van der Waals surface area contributed by atoms with Crippen molar-refractivity contribution in [3.05, 3.63) is 23.8 Å². The monoisotopic (exact) mass is 600 g/mol. The standard InChI is InChI=1S/C34H48O9/c1-17(25-16-32(7)30(4,5)42-34(9,41-25)43-32)22-10-11-23-26-24(39-18(2)35)15-20-14-21(37)12-13-31(20,6)27(26)28(38)29(33(22,23)8)40-19(3)36/h12-14,17,22-29,38H,10-11,15-16H2,1-9H3/t17-,22+,23-,24+,25+,26+,27+,28?,29?,31-,32+,33+,34-/m0/s1. The summed E-state index contributed by atoms with van der Waals surface area (Å²) in [5, 5.41) is 12.4. The number of ketones is 1. The Kier molecular flexibility index (Phi) is 6.99. The molecule has 0 amide bonds. The molecule has 9 heteroatoms. The fraction of sp³-hybridized carbons (Fsp3) is 0.794. The zero-order valence-corrected chi connectivity index (χ0v) is 27.0. The van der Waals surface area contributed by atoms with Crippen molar-refractivity contribution in [2.24, 2.45) is 40.4 Å². The van der Waals surface area contributed by atoms with Crippen molar-refractivity contribution in [3.63, 3.8) is 0 Å². The van der Waals surface area contributed by atoms with E-state index in [0.717, 1.165) is 18.4 Å². The summed E-state index contributed by atoms with van der Waals surface area (Å²) in [7, 11) is 0. The average molecular weight is 601 g/mol. The number of fused-ring (bicyclic) bond motifs is 7. The van der Waals surface area contributed by atoms with Crippen molar-refractivity contribution in [2.75, 3.05) is 0 Å². The Morgan fingerprint density at radius 1 is 1.02 bits per heavy atom. The Hall–Kier alpha value is -2.07. The van der Waals surface area contributed by atoms with Gasteiger partial charge in [0, 0.05) is 56.3 Å². The second-order valence-corrected chi connectivity index (χ2v) is 15.3. The van der Waals surface area contributed by atoms with Gasteiger partial charge in [-0.15, -0.1) is 0 Å². The lowest BCUT2D eigenvalue weighted by atomic mass is 9.44. The second kappa shape index (κ2) is 9.71. The number of hydrogen-bond acceptors (Lipinski definition) is 9. The van der Waals surface area contributed by atoms with E-state index in [2.05, 4.69) is 20.8 Å². The van der Waals surface area contributed by atoms with Gasteiger partial charge in [0.15, 0.2) is 5.78 Å². The number of aliphatic hydroxyl groups excluding tert-OH is 1. The summed E-state index contributed by atoms with van der Waals surface area (Å²) < 4.78 is 31.3. The molecular weight excluding hydrogens is 552 g/mol. The normalized spacial score (nSPS) is 50.2. The number of carbonyl (C=O) groups excluding carboxylic acids is 3. The van der Waals surface area contributed by atoms with E-state index in [1.807, 2.05) is 33.8 Å². The molecule has 5 fully saturated rings. The predicted octanol–water partition coefficient (Wildman–Crippen LogP) is 4.65. The summed E-state index contributed by atoms with van der Waals surface area (Å²) in [5.74, 6) is -2.69. The number of carbonyl (C=O) groups is 3. The molecular formula is C34H48O9. The summed E-state index contributed by atoms with van der Waals surface area (Å²) in [5.41, 5.74) is -1.52. The van der Waals surface area contributed by atoms with E-state index >= 15 is 0 Å². The lowest BCUT2D eigenvalue weighted by Crippen LogP contribution is -2.67. The highest BCUT2D eigenvalue weighted by atomic mass is 16.9. The van der Waals surface area contributed by atoms with Crippen LogP contribution in [-0.2, 0) is 38.1 Å². The second-order valence-electron chi connectivity index (χ2n) is 15.3. The molecule has 0 aromatic heterocycles. The third-order valence-corrected chi connectivity index (χ3v) is 12.6. The van der Waals surface area contributed by atoms with Crippen molar-refractivity contribution in [3.8, 4) is 0 Å². The summed E-state index contributed by atoms with van der Waals surface area (Å²) >= 11 is 0. The van der Waals surface area contributed by atoms with Crippen molar-refractivity contribution in [1.82, 2.24) is 0 Å². The molecule has 2 bridgehead atoms. The Morgan fingerprint density at radius 2 is 1.70 bits per heavy atom. The van der Waals surface area contributed by atoms with Gasteiger partial charge in [-0.05, 0) is 63.5 Å². The predicted molar refractivity (Wildman–Crippen MR) is 155 cm³/mol. The maximum Gasteiger partial charge on any atom is 0.303 e. The summed E-state index contributed by atoms with van der Waals surface area (Å²) in [4.78, 5) is 37.5. The van der Waals surface area contributed by atoms with Crippen molar-refractivity contribution < 1.29 is 43.2 Å². The highest BCUT2D eigenvalue weighted by Gasteiger charge is 2.71. The van der Waals surface area contributed by atoms with Crippen molar-refractivity contribution >= 4 is 17.7 Å². The Balaban J connectivity index is 1.42. The third kappa shape index (κ3) is 4.43. The fourth-order valence-electron chi connectivity index (χ4n) is 10.5. The first-order valence-electron chi connectivity index (χ1n) is 15.9. The van der Waals surface area contributed by atoms with E-state index < -0.39 is 58.2 Å². The van der Waals surface area contributed by atoms with E-state index in [1.54, 1.807) is 12.2 Å². The van der Waals surface area contributed by atoms with Crippen LogP contribution in [0.3, 0.4) is 0 Å². The minimum Gasteiger partial charge on any atom is -0.462 e. The van der Waals surface area contributed by atoms with Crippen LogP contribution in [0.4, 0.5) is 0 Å². The molecule has 13 atom stereocenters. The molecule has 0 aromatic carbocycles. The van der Waals surface area contributed by atoms with Crippen LogP contribution in [0, 0.1) is 40.4 Å². The van der Waals surface area contributed by atoms with Crippen LogP contribution in [0.1, 0.15) is 88.0 Å². The molecule has 0 radical (unpaired) electrons. The van der Waals surface area contributed by atoms with Gasteiger partial charge in [-0.3, -0.25) is 14.4 Å². The fourth-order valence-corrected chi connectivity index (χ4v) is 10.5. The quantitative estimate of drug-likeness (QED) is 0.460. The maximum atomic E-state index is 12.7. The minimum absolute atomic E-state index is 0.0121. The molecule has 2 heterocycles. The lowest BCUT2D eigenvalue weighted by molar-refractivity contribution is -0.386. The largest absolute Gasteiger partial charge is 0.462 e. The van der Waals surface area contributed by atoms with E-state index in [4.69, 9.17) is 23.7 Å². The van der Waals surface area contributed by atoms with Crippen molar-refractivity contribution in [2.45, 2.75) is 130 Å². The van der Waals surface area contributed by atoms with Crippen LogP contribution in [0.25, 0.3) is 0 Å². The number of aliphatic hydroxyl groups is 1. The Labute approximate surface area is 254 Å². The van der Waals surface area contributed by atoms with Crippen LogP contribution in [0.15, 0.2) is 23.8 Å². The molecule has 2 aliphatic heterocycles. The minimum atomic E-state index is -1.16. The molecule has 1 N–H and O–H groups in total. The van der Waals surface area contributed by atoms with Crippen LogP contribution in [-0.4, -0.2) is 64.4 Å². The van der Waals surface area contributed by atoms with Gasteiger partial charge < -0.3 is 28.8 Å². The number of esters is 2. The number of ether oxygens (including phenoxy) is 5. The molecule has 3 saturated carbocycles. The Bertz CT molecular complexity index is 1280. The number of allylic oxidation sites excluding steroid dienone is 3. The SMILES string of the molecule is CC(=O)OC1C(O)[C@H]2[C@@H]([C@H](OC(C)=O)CC3=CC(=O)C=C[C@@]32C)[C@@H]2CC[C@H]([C@H](C)[C@H]3C[C@@]4(C)O[C@@](C)(O3)OC4(C)C)[C@@]12C. The smallest absolute Gasteiger partial charge is 0.303 e. The first kappa shape index (κ1) is 30.9. The van der Waals surface area contributed by atoms with Gasteiger partial charge in [-0.25, -0.2) is 0 Å². The zero-order valence-electron chi connectivity index (χ0n) is 27.0. The van der Waals surface area contributed by atoms with Gasteiger partial charge in [-0.2, -0.15) is 0 Å². The Morgan fingerprint density at radius 3 is 2.33 bits per heavy atom. The van der Waals surface area contributed by atoms with Crippen LogP contribution in [0.2, 0.25) is 0 Å². The molecule has 6 rings (SSSR count). The molecule has 9 nitrogen and oxygen atoms in total. The van der Waals surface area contributed by atoms with Crippen LogP contribution in [0.5, 0.6) is 0 Å². The first-order chi connectivity index (χ1) is 19.9. The highest BCUT2D eigenvalue weighted by molar-refractivity contribution is 6.01. The number of rotatable bonds is 4. The van der Waals surface area contributed by atoms with E-state index in [0.29, 0.717) is 12.8 Å². The third-order valence-electron chi connectivity index (χ3n) is 12.6. The lowest BCUT2D eigenvalue weighted by Gasteiger charge is -2.63. The molecule has 0 aromatic rings. The van der Waals surface area contributed by atoms with Gasteiger partial charge in [-0.1, -0.05) is 32.4 Å². The first-order valence-corrected chi connectivity index (χ1v) is 15.9. The van der Waals surface area contributed by atoms with Crippen LogP contribution >= 0.6 is 0 Å². The molecule has 0 spiro atoms. The maximum absolute atomic E-state index is 12.7. The molecule has 2 saturated heterocycles. The van der Waals surface area contributed by atoms with E-state index in [9.17, 15) is 19.5 Å². The van der Waals surface area contributed by atoms with Gasteiger partial charge >= 0.3 is 11.9 Å². The summed E-state index contributed by atoms with van der Waals surface area (Å²) in [6.45, 7) is 17.2. The molecule has 4 aliphatic carbocycles. The molecule has 238 valence electrons. The number of hydrogen-bond donors (Lipinski definition) is 1. The van der Waals surface area contributed by atoms with Gasteiger partial charge in [0.05, 0.1) is 17.8 Å². The summed E-state index contributed by atoms with van der Waals surface area (Å²) in [6.07, 6.45) is 5.29. The van der Waals surface area contributed by atoms with Gasteiger partial charge in [0.1, 0.15) is 17.8 Å².